The second-order valence-corrected chi connectivity index (χ2v) is 6.83. The zero-order valence-corrected chi connectivity index (χ0v) is 16.0. The van der Waals surface area contributed by atoms with Crippen LogP contribution in [0.15, 0.2) is 85.1 Å². The lowest BCUT2D eigenvalue weighted by Crippen LogP contribution is -2.35. The van der Waals surface area contributed by atoms with Gasteiger partial charge in [0.05, 0.1) is 17.3 Å². The number of aldehydes is 1. The summed E-state index contributed by atoms with van der Waals surface area (Å²) in [6.07, 6.45) is 4.84. The van der Waals surface area contributed by atoms with Crippen LogP contribution in [0, 0.1) is 18.3 Å². The summed E-state index contributed by atoms with van der Waals surface area (Å²) in [6, 6.07) is 24.7. The molecule has 29 heavy (non-hydrogen) atoms. The van der Waals surface area contributed by atoms with Crippen LogP contribution >= 0.6 is 0 Å². The Morgan fingerprint density at radius 2 is 1.76 bits per heavy atom. The van der Waals surface area contributed by atoms with Gasteiger partial charge in [-0.05, 0) is 54.5 Å². The predicted octanol–water partition coefficient (Wildman–Crippen LogP) is 4.77. The summed E-state index contributed by atoms with van der Waals surface area (Å²) in [6.45, 7) is 1.95. The van der Waals surface area contributed by atoms with E-state index in [1.54, 1.807) is 6.07 Å². The molecule has 0 fully saturated rings. The molecule has 0 bridgehead atoms. The molecule has 1 atom stereocenters. The smallest absolute Gasteiger partial charge is 0.147 e. The minimum absolute atomic E-state index is 0.539. The Kier molecular flexibility index (Phi) is 5.05. The number of anilines is 1. The van der Waals surface area contributed by atoms with Crippen molar-refractivity contribution in [1.29, 1.82) is 5.26 Å². The van der Waals surface area contributed by atoms with Crippen LogP contribution in [-0.4, -0.2) is 17.3 Å². The Morgan fingerprint density at radius 1 is 1.00 bits per heavy atom. The third kappa shape index (κ3) is 3.59. The number of rotatable bonds is 4. The van der Waals surface area contributed by atoms with Gasteiger partial charge in [-0.15, -0.1) is 0 Å². The molecule has 1 aliphatic heterocycles. The third-order valence-corrected chi connectivity index (χ3v) is 4.93. The van der Waals surface area contributed by atoms with Crippen LogP contribution in [0.3, 0.4) is 0 Å². The van der Waals surface area contributed by atoms with Crippen LogP contribution in [-0.2, 0) is 4.79 Å². The number of pyridine rings is 1. The van der Waals surface area contributed by atoms with Crippen LogP contribution in [0.5, 0.6) is 0 Å². The molecule has 0 saturated heterocycles. The van der Waals surface area contributed by atoms with Crippen molar-refractivity contribution in [2.45, 2.75) is 13.0 Å². The van der Waals surface area contributed by atoms with Crippen molar-refractivity contribution in [1.82, 2.24) is 4.98 Å². The number of nitriles is 1. The second kappa shape index (κ2) is 7.95. The highest BCUT2D eigenvalue weighted by molar-refractivity contribution is 5.99. The molecule has 1 unspecified atom stereocenters. The largest absolute Gasteiger partial charge is 0.333 e. The van der Waals surface area contributed by atoms with Gasteiger partial charge in [-0.25, -0.2) is 0 Å². The average Bonchev–Trinajstić information content (AvgIpc) is 2.78. The summed E-state index contributed by atoms with van der Waals surface area (Å²) in [7, 11) is 0. The van der Waals surface area contributed by atoms with Gasteiger partial charge in [0.1, 0.15) is 12.3 Å². The SMILES string of the molecule is Cc1cccc(C2=CN(c3ccccc3)C(C=O)C(c3ccccc3C#N)=C2)n1. The minimum atomic E-state index is -0.541. The Labute approximate surface area is 170 Å². The van der Waals surface area contributed by atoms with Gasteiger partial charge in [0.2, 0.25) is 0 Å². The van der Waals surface area contributed by atoms with Crippen LogP contribution in [0.2, 0.25) is 0 Å². The Balaban J connectivity index is 1.94. The lowest BCUT2D eigenvalue weighted by molar-refractivity contribution is -0.107. The van der Waals surface area contributed by atoms with Crippen LogP contribution in [0.1, 0.15) is 22.5 Å². The highest BCUT2D eigenvalue weighted by Crippen LogP contribution is 2.35. The van der Waals surface area contributed by atoms with E-state index in [0.29, 0.717) is 5.56 Å². The molecular formula is C25H19N3O. The molecule has 0 amide bonds. The molecule has 4 heteroatoms. The Morgan fingerprint density at radius 3 is 2.48 bits per heavy atom. The lowest BCUT2D eigenvalue weighted by Gasteiger charge is -2.33. The van der Waals surface area contributed by atoms with E-state index >= 15 is 0 Å². The van der Waals surface area contributed by atoms with E-state index in [2.05, 4.69) is 11.1 Å². The van der Waals surface area contributed by atoms with Crippen molar-refractivity contribution < 1.29 is 4.79 Å². The summed E-state index contributed by atoms with van der Waals surface area (Å²) in [5.41, 5.74) is 5.60. The first kappa shape index (κ1) is 18.4. The van der Waals surface area contributed by atoms with Crippen LogP contribution in [0.4, 0.5) is 5.69 Å². The van der Waals surface area contributed by atoms with E-state index in [-0.39, 0.29) is 0 Å². The first-order valence-corrected chi connectivity index (χ1v) is 9.37. The molecule has 0 spiro atoms. The number of aromatic nitrogens is 1. The molecule has 2 aromatic carbocycles. The number of para-hydroxylation sites is 1. The fraction of sp³-hybridized carbons (Fsp3) is 0.0800. The lowest BCUT2D eigenvalue weighted by atomic mass is 9.89. The van der Waals surface area contributed by atoms with Gasteiger partial charge in [0, 0.05) is 23.2 Å². The molecule has 3 aromatic rings. The maximum atomic E-state index is 12.2. The van der Waals surface area contributed by atoms with E-state index in [1.807, 2.05) is 90.8 Å². The number of aryl methyl sites for hydroxylation is 1. The van der Waals surface area contributed by atoms with E-state index in [4.69, 9.17) is 0 Å². The second-order valence-electron chi connectivity index (χ2n) is 6.83. The number of allylic oxidation sites excluding steroid dienone is 2. The van der Waals surface area contributed by atoms with Crippen molar-refractivity contribution in [3.63, 3.8) is 0 Å². The fourth-order valence-corrected chi connectivity index (χ4v) is 3.56. The number of hydrogen-bond acceptors (Lipinski definition) is 4. The molecule has 0 saturated carbocycles. The molecular weight excluding hydrogens is 358 g/mol. The normalized spacial score (nSPS) is 15.9. The summed E-state index contributed by atoms with van der Waals surface area (Å²) in [5, 5.41) is 9.60. The van der Waals surface area contributed by atoms with E-state index < -0.39 is 6.04 Å². The minimum Gasteiger partial charge on any atom is -0.333 e. The van der Waals surface area contributed by atoms with Gasteiger partial charge in [-0.3, -0.25) is 4.98 Å². The maximum absolute atomic E-state index is 12.2. The molecule has 4 rings (SSSR count). The summed E-state index contributed by atoms with van der Waals surface area (Å²) >= 11 is 0. The van der Waals surface area contributed by atoms with Gasteiger partial charge in [0.25, 0.3) is 0 Å². The highest BCUT2D eigenvalue weighted by atomic mass is 16.1. The zero-order valence-electron chi connectivity index (χ0n) is 16.0. The van der Waals surface area contributed by atoms with Gasteiger partial charge in [-0.1, -0.05) is 42.5 Å². The quantitative estimate of drug-likeness (QED) is 0.614. The highest BCUT2D eigenvalue weighted by Gasteiger charge is 2.28. The van der Waals surface area contributed by atoms with Crippen molar-refractivity contribution in [3.05, 3.63) is 108 Å². The van der Waals surface area contributed by atoms with Crippen molar-refractivity contribution in [2.24, 2.45) is 0 Å². The molecule has 140 valence electrons. The third-order valence-electron chi connectivity index (χ3n) is 4.93. The molecule has 0 N–H and O–H groups in total. The summed E-state index contributed by atoms with van der Waals surface area (Å²) in [4.78, 5) is 18.8. The molecule has 0 radical (unpaired) electrons. The molecule has 2 heterocycles. The number of benzene rings is 2. The van der Waals surface area contributed by atoms with Gasteiger partial charge in [0.15, 0.2) is 0 Å². The number of nitrogens with zero attached hydrogens (tertiary/aromatic N) is 3. The summed E-state index contributed by atoms with van der Waals surface area (Å²) in [5.74, 6) is 0. The molecule has 0 aliphatic carbocycles. The first-order valence-electron chi connectivity index (χ1n) is 9.37. The van der Waals surface area contributed by atoms with Crippen molar-refractivity contribution in [2.75, 3.05) is 4.90 Å². The van der Waals surface area contributed by atoms with Gasteiger partial charge < -0.3 is 9.69 Å². The molecule has 1 aromatic heterocycles. The Bertz CT molecular complexity index is 1160. The number of carbonyl (C=O) groups excluding carboxylic acids is 1. The maximum Gasteiger partial charge on any atom is 0.147 e. The standard InChI is InChI=1S/C25H19N3O/c1-18-8-7-13-24(27-18)20-14-23(22-12-6-5-9-19(22)15-26)25(17-29)28(16-20)21-10-3-2-4-11-21/h2-14,16-17,25H,1H3. The molecule has 1 aliphatic rings. The number of hydrogen-bond donors (Lipinski definition) is 0. The van der Waals surface area contributed by atoms with Gasteiger partial charge >= 0.3 is 0 Å². The van der Waals surface area contributed by atoms with Crippen molar-refractivity contribution in [3.8, 4) is 6.07 Å². The van der Waals surface area contributed by atoms with Crippen molar-refractivity contribution >= 4 is 23.1 Å². The predicted molar refractivity (Wildman–Crippen MR) is 115 cm³/mol. The van der Waals surface area contributed by atoms with E-state index in [9.17, 15) is 10.1 Å². The summed E-state index contributed by atoms with van der Waals surface area (Å²) < 4.78 is 0. The number of carbonyl (C=O) groups is 1. The zero-order chi connectivity index (χ0) is 20.2. The van der Waals surface area contributed by atoms with E-state index in [1.165, 1.54) is 0 Å². The van der Waals surface area contributed by atoms with Crippen LogP contribution < -0.4 is 4.90 Å². The average molecular weight is 377 g/mol. The van der Waals surface area contributed by atoms with E-state index in [0.717, 1.165) is 40.1 Å². The molecule has 4 nitrogen and oxygen atoms in total. The van der Waals surface area contributed by atoms with Gasteiger partial charge in [-0.2, -0.15) is 5.26 Å². The van der Waals surface area contributed by atoms with Crippen LogP contribution in [0.25, 0.3) is 11.1 Å². The first-order chi connectivity index (χ1) is 14.2. The fourth-order valence-electron chi connectivity index (χ4n) is 3.56. The Hall–Kier alpha value is -3.97. The monoisotopic (exact) mass is 377 g/mol. The topological polar surface area (TPSA) is 57.0 Å².